The molecule has 0 bridgehead atoms. The Morgan fingerprint density at radius 3 is 2.67 bits per heavy atom. The van der Waals surface area contributed by atoms with Crippen LogP contribution in [0.2, 0.25) is 0 Å². The molecule has 1 heterocycles. The molecule has 1 aliphatic rings. The van der Waals surface area contributed by atoms with Crippen LogP contribution in [0.5, 0.6) is 0 Å². The zero-order valence-corrected chi connectivity index (χ0v) is 14.8. The maximum Gasteiger partial charge on any atom is 0.220 e. The van der Waals surface area contributed by atoms with Crippen LogP contribution in [0.4, 0.5) is 4.39 Å². The molecule has 0 aliphatic carbocycles. The molecular weight excluding hydrogens is 305 g/mol. The van der Waals surface area contributed by atoms with E-state index in [1.165, 1.54) is 25.3 Å². The lowest BCUT2D eigenvalue weighted by Crippen LogP contribution is -2.44. The molecular formula is C20H30FNO2. The van der Waals surface area contributed by atoms with E-state index >= 15 is 0 Å². The summed E-state index contributed by atoms with van der Waals surface area (Å²) in [6, 6.07) is 6.77. The number of benzene rings is 1. The van der Waals surface area contributed by atoms with E-state index in [4.69, 9.17) is 4.74 Å². The normalized spacial score (nSPS) is 16.8. The third kappa shape index (κ3) is 5.59. The van der Waals surface area contributed by atoms with E-state index in [9.17, 15) is 9.18 Å². The summed E-state index contributed by atoms with van der Waals surface area (Å²) in [5.74, 6) is -0.116. The zero-order chi connectivity index (χ0) is 17.3. The second kappa shape index (κ2) is 9.77. The summed E-state index contributed by atoms with van der Waals surface area (Å²) in [4.78, 5) is 12.1. The Bertz CT molecular complexity index is 512. The van der Waals surface area contributed by atoms with Crippen molar-refractivity contribution in [3.63, 3.8) is 0 Å². The maximum absolute atomic E-state index is 13.6. The molecule has 0 aromatic heterocycles. The standard InChI is InChI=1S/C20H30FNO2/c1-2-3-4-5-6-10-19(23)22-16-20(11-13-24-14-12-20)17-8-7-9-18(21)15-17/h7-9,15H,2-6,10-14,16H2,1H3,(H,22,23). The Balaban J connectivity index is 1.89. The fourth-order valence-electron chi connectivity index (χ4n) is 3.39. The molecule has 1 N–H and O–H groups in total. The third-order valence-corrected chi connectivity index (χ3v) is 5.02. The summed E-state index contributed by atoms with van der Waals surface area (Å²) in [6.07, 6.45) is 7.93. The molecule has 0 saturated carbocycles. The third-order valence-electron chi connectivity index (χ3n) is 5.02. The van der Waals surface area contributed by atoms with Gasteiger partial charge in [-0.1, -0.05) is 44.7 Å². The average Bonchev–Trinajstić information content (AvgIpc) is 2.61. The lowest BCUT2D eigenvalue weighted by molar-refractivity contribution is -0.121. The van der Waals surface area contributed by atoms with Gasteiger partial charge in [-0.3, -0.25) is 4.79 Å². The molecule has 134 valence electrons. The van der Waals surface area contributed by atoms with Crippen molar-refractivity contribution in [3.05, 3.63) is 35.6 Å². The van der Waals surface area contributed by atoms with Gasteiger partial charge in [-0.05, 0) is 37.0 Å². The van der Waals surface area contributed by atoms with Gasteiger partial charge in [-0.15, -0.1) is 0 Å². The van der Waals surface area contributed by atoms with E-state index in [2.05, 4.69) is 12.2 Å². The molecule has 1 amide bonds. The number of ether oxygens (including phenoxy) is 1. The number of unbranched alkanes of at least 4 members (excludes halogenated alkanes) is 4. The van der Waals surface area contributed by atoms with Gasteiger partial charge in [0.1, 0.15) is 5.82 Å². The van der Waals surface area contributed by atoms with E-state index in [0.717, 1.165) is 31.2 Å². The molecule has 0 spiro atoms. The number of hydrogen-bond acceptors (Lipinski definition) is 2. The fourth-order valence-corrected chi connectivity index (χ4v) is 3.39. The van der Waals surface area contributed by atoms with Crippen LogP contribution in [0.3, 0.4) is 0 Å². The van der Waals surface area contributed by atoms with Gasteiger partial charge in [0.2, 0.25) is 5.91 Å². The minimum atomic E-state index is -0.222. The number of halogens is 1. The second-order valence-corrected chi connectivity index (χ2v) is 6.84. The van der Waals surface area contributed by atoms with Crippen molar-refractivity contribution in [1.29, 1.82) is 0 Å². The van der Waals surface area contributed by atoms with Gasteiger partial charge in [0, 0.05) is 31.6 Å². The topological polar surface area (TPSA) is 38.3 Å². The molecule has 1 aliphatic heterocycles. The number of carbonyl (C=O) groups is 1. The molecule has 0 atom stereocenters. The predicted octanol–water partition coefficient (Wildman–Crippen LogP) is 4.35. The maximum atomic E-state index is 13.6. The van der Waals surface area contributed by atoms with Crippen molar-refractivity contribution in [2.45, 2.75) is 63.7 Å². The summed E-state index contributed by atoms with van der Waals surface area (Å²) in [6.45, 7) is 4.06. The molecule has 1 fully saturated rings. The first-order valence-corrected chi connectivity index (χ1v) is 9.27. The van der Waals surface area contributed by atoms with Gasteiger partial charge in [0.15, 0.2) is 0 Å². The Kier molecular flexibility index (Phi) is 7.70. The minimum Gasteiger partial charge on any atom is -0.381 e. The lowest BCUT2D eigenvalue weighted by atomic mass is 9.74. The second-order valence-electron chi connectivity index (χ2n) is 6.84. The van der Waals surface area contributed by atoms with Crippen molar-refractivity contribution in [2.75, 3.05) is 19.8 Å². The summed E-state index contributed by atoms with van der Waals surface area (Å²) < 4.78 is 19.1. The summed E-state index contributed by atoms with van der Waals surface area (Å²) in [7, 11) is 0. The van der Waals surface area contributed by atoms with E-state index < -0.39 is 0 Å². The van der Waals surface area contributed by atoms with Gasteiger partial charge >= 0.3 is 0 Å². The molecule has 24 heavy (non-hydrogen) atoms. The van der Waals surface area contributed by atoms with Gasteiger partial charge < -0.3 is 10.1 Å². The number of amides is 1. The molecule has 0 radical (unpaired) electrons. The van der Waals surface area contributed by atoms with Crippen molar-refractivity contribution in [2.24, 2.45) is 0 Å². The van der Waals surface area contributed by atoms with Crippen molar-refractivity contribution >= 4 is 5.91 Å². The van der Waals surface area contributed by atoms with E-state index in [1.807, 2.05) is 6.07 Å². The van der Waals surface area contributed by atoms with Crippen LogP contribution in [0, 0.1) is 5.82 Å². The van der Waals surface area contributed by atoms with Gasteiger partial charge in [-0.25, -0.2) is 4.39 Å². The van der Waals surface area contributed by atoms with Crippen molar-refractivity contribution in [1.82, 2.24) is 5.32 Å². The average molecular weight is 335 g/mol. The molecule has 1 aromatic rings. The van der Waals surface area contributed by atoms with Crippen LogP contribution in [0.15, 0.2) is 24.3 Å². The Hall–Kier alpha value is -1.42. The molecule has 1 saturated heterocycles. The summed E-state index contributed by atoms with van der Waals surface area (Å²) >= 11 is 0. The predicted molar refractivity (Wildman–Crippen MR) is 94.5 cm³/mol. The van der Waals surface area contributed by atoms with Crippen LogP contribution in [0.1, 0.15) is 63.9 Å². The Morgan fingerprint density at radius 2 is 1.96 bits per heavy atom. The highest BCUT2D eigenvalue weighted by Gasteiger charge is 2.35. The largest absolute Gasteiger partial charge is 0.381 e. The molecule has 1 aromatic carbocycles. The van der Waals surface area contributed by atoms with Crippen LogP contribution in [-0.4, -0.2) is 25.7 Å². The SMILES string of the molecule is CCCCCCCC(=O)NCC1(c2cccc(F)c2)CCOCC1. The lowest BCUT2D eigenvalue weighted by Gasteiger charge is -2.38. The van der Waals surface area contributed by atoms with Gasteiger partial charge in [0.25, 0.3) is 0 Å². The first-order chi connectivity index (χ1) is 11.7. The smallest absolute Gasteiger partial charge is 0.220 e. The van der Waals surface area contributed by atoms with Crippen LogP contribution >= 0.6 is 0 Å². The highest BCUT2D eigenvalue weighted by molar-refractivity contribution is 5.76. The van der Waals surface area contributed by atoms with E-state index in [0.29, 0.717) is 26.2 Å². The first kappa shape index (κ1) is 18.9. The number of nitrogens with one attached hydrogen (secondary N) is 1. The Morgan fingerprint density at radius 1 is 1.21 bits per heavy atom. The van der Waals surface area contributed by atoms with Gasteiger partial charge in [0.05, 0.1) is 0 Å². The quantitative estimate of drug-likeness (QED) is 0.681. The van der Waals surface area contributed by atoms with Crippen molar-refractivity contribution < 1.29 is 13.9 Å². The zero-order valence-electron chi connectivity index (χ0n) is 14.8. The van der Waals surface area contributed by atoms with Crippen LogP contribution < -0.4 is 5.32 Å². The van der Waals surface area contributed by atoms with Crippen LogP contribution in [-0.2, 0) is 14.9 Å². The fraction of sp³-hybridized carbons (Fsp3) is 0.650. The molecule has 2 rings (SSSR count). The minimum absolute atomic E-state index is 0.105. The number of hydrogen-bond donors (Lipinski definition) is 1. The molecule has 3 nitrogen and oxygen atoms in total. The van der Waals surface area contributed by atoms with Gasteiger partial charge in [-0.2, -0.15) is 0 Å². The monoisotopic (exact) mass is 335 g/mol. The van der Waals surface area contributed by atoms with Crippen molar-refractivity contribution in [3.8, 4) is 0 Å². The highest BCUT2D eigenvalue weighted by atomic mass is 19.1. The summed E-state index contributed by atoms with van der Waals surface area (Å²) in [5, 5.41) is 3.09. The highest BCUT2D eigenvalue weighted by Crippen LogP contribution is 2.34. The first-order valence-electron chi connectivity index (χ1n) is 9.27. The number of carbonyl (C=O) groups excluding carboxylic acids is 1. The summed E-state index contributed by atoms with van der Waals surface area (Å²) in [5.41, 5.74) is 0.757. The van der Waals surface area contributed by atoms with E-state index in [-0.39, 0.29) is 17.1 Å². The Labute approximate surface area is 145 Å². The molecule has 0 unspecified atom stereocenters. The number of rotatable bonds is 9. The van der Waals surface area contributed by atoms with E-state index in [1.54, 1.807) is 12.1 Å². The van der Waals surface area contributed by atoms with Crippen LogP contribution in [0.25, 0.3) is 0 Å². The molecule has 4 heteroatoms.